The number of amides is 2. The van der Waals surface area contributed by atoms with Crippen molar-refractivity contribution in [2.75, 3.05) is 33.3 Å². The average molecular weight is 427 g/mol. The summed E-state index contributed by atoms with van der Waals surface area (Å²) < 4.78 is 11.4. The topological polar surface area (TPSA) is 59.1 Å². The van der Waals surface area contributed by atoms with Gasteiger partial charge in [-0.05, 0) is 50.8 Å². The predicted octanol–water partition coefficient (Wildman–Crippen LogP) is 3.67. The van der Waals surface area contributed by atoms with Gasteiger partial charge < -0.3 is 19.3 Å². The minimum absolute atomic E-state index is 0.0162. The molecule has 0 spiro atoms. The lowest BCUT2D eigenvalue weighted by Gasteiger charge is -2.33. The van der Waals surface area contributed by atoms with Gasteiger partial charge in [0.25, 0.3) is 0 Å². The molecule has 0 aromatic heterocycles. The molecule has 0 aliphatic carbocycles. The Morgan fingerprint density at radius 3 is 2.42 bits per heavy atom. The van der Waals surface area contributed by atoms with Crippen LogP contribution in [0.3, 0.4) is 0 Å². The van der Waals surface area contributed by atoms with Crippen molar-refractivity contribution in [1.82, 2.24) is 9.80 Å². The number of fused-ring (bicyclic) bond motifs is 1. The van der Waals surface area contributed by atoms with Gasteiger partial charge in [0.15, 0.2) is 0 Å². The second-order valence-electron chi connectivity index (χ2n) is 9.01. The van der Waals surface area contributed by atoms with Crippen molar-refractivity contribution in [3.05, 3.63) is 29.3 Å². The Labute approximate surface area is 185 Å². The van der Waals surface area contributed by atoms with Gasteiger partial charge in [-0.2, -0.15) is 0 Å². The summed E-state index contributed by atoms with van der Waals surface area (Å²) in [5.41, 5.74) is 1.99. The molecule has 0 radical (unpaired) electrons. The summed E-state index contributed by atoms with van der Waals surface area (Å²) in [4.78, 5) is 29.5. The first-order valence-corrected chi connectivity index (χ1v) is 11.7. The lowest BCUT2D eigenvalue weighted by atomic mass is 9.95. The van der Waals surface area contributed by atoms with Crippen LogP contribution in [-0.4, -0.2) is 61.0 Å². The molecule has 1 atom stereocenters. The zero-order chi connectivity index (χ0) is 21.8. The number of carbonyl (C=O) groups is 2. The van der Waals surface area contributed by atoms with E-state index in [-0.39, 0.29) is 17.9 Å². The van der Waals surface area contributed by atoms with Gasteiger partial charge in [-0.15, -0.1) is 0 Å². The van der Waals surface area contributed by atoms with Gasteiger partial charge in [0, 0.05) is 55.7 Å². The van der Waals surface area contributed by atoms with E-state index >= 15 is 0 Å². The van der Waals surface area contributed by atoms with Crippen LogP contribution in [0.2, 0.25) is 0 Å². The van der Waals surface area contributed by atoms with Gasteiger partial charge in [0.1, 0.15) is 17.6 Å². The molecule has 0 N–H and O–H groups in total. The Hall–Kier alpha value is -2.50. The number of hydrogen-bond acceptors (Lipinski definition) is 4. The third kappa shape index (κ3) is 5.05. The fourth-order valence-electron chi connectivity index (χ4n) is 4.92. The molecule has 2 fully saturated rings. The lowest BCUT2D eigenvalue weighted by Crippen LogP contribution is -2.44. The summed E-state index contributed by atoms with van der Waals surface area (Å²) in [6.07, 6.45) is 10.6. The molecule has 0 unspecified atom stereocenters. The standard InChI is InChI=1S/C25H34N2O4/c1-18-15-21-17-22(30-2)20(16-23(21)31-18)7-8-24(28)26-13-9-19(10-14-26)25(29)27-11-5-3-4-6-12-27/h7-8,16-19H,3-6,9-15H2,1-2H3/b8-7+/t18-/m1/s1. The highest BCUT2D eigenvalue weighted by atomic mass is 16.5. The maximum absolute atomic E-state index is 12.9. The average Bonchev–Trinajstić information content (AvgIpc) is 2.97. The summed E-state index contributed by atoms with van der Waals surface area (Å²) in [6.45, 7) is 5.11. The second kappa shape index (κ2) is 9.75. The van der Waals surface area contributed by atoms with E-state index in [1.165, 1.54) is 12.8 Å². The van der Waals surface area contributed by atoms with E-state index in [1.54, 1.807) is 13.2 Å². The van der Waals surface area contributed by atoms with Crippen molar-refractivity contribution in [2.24, 2.45) is 5.92 Å². The molecule has 3 aliphatic rings. The number of carbonyl (C=O) groups excluding carboxylic acids is 2. The second-order valence-corrected chi connectivity index (χ2v) is 9.01. The van der Waals surface area contributed by atoms with Crippen LogP contribution in [0.25, 0.3) is 6.08 Å². The maximum Gasteiger partial charge on any atom is 0.246 e. The zero-order valence-corrected chi connectivity index (χ0v) is 18.8. The van der Waals surface area contributed by atoms with Crippen LogP contribution in [0.1, 0.15) is 56.6 Å². The largest absolute Gasteiger partial charge is 0.496 e. The Balaban J connectivity index is 1.34. The summed E-state index contributed by atoms with van der Waals surface area (Å²) in [7, 11) is 1.65. The molecule has 3 heterocycles. The van der Waals surface area contributed by atoms with E-state index in [9.17, 15) is 9.59 Å². The maximum atomic E-state index is 12.9. The number of ether oxygens (including phenoxy) is 2. The number of nitrogens with zero attached hydrogens (tertiary/aromatic N) is 2. The van der Waals surface area contributed by atoms with E-state index in [0.717, 1.165) is 67.8 Å². The van der Waals surface area contributed by atoms with E-state index < -0.39 is 0 Å². The predicted molar refractivity (Wildman–Crippen MR) is 120 cm³/mol. The van der Waals surface area contributed by atoms with Gasteiger partial charge in [-0.3, -0.25) is 9.59 Å². The third-order valence-electron chi connectivity index (χ3n) is 6.73. The SMILES string of the molecule is COc1cc2c(cc1/C=C/C(=O)N1CCC(C(=O)N3CCCCCC3)CC1)O[C@H](C)C2. The van der Waals surface area contributed by atoms with Gasteiger partial charge >= 0.3 is 0 Å². The summed E-state index contributed by atoms with van der Waals surface area (Å²) in [6, 6.07) is 3.95. The monoisotopic (exact) mass is 426 g/mol. The number of benzene rings is 1. The minimum Gasteiger partial charge on any atom is -0.496 e. The number of rotatable bonds is 4. The van der Waals surface area contributed by atoms with Crippen molar-refractivity contribution in [3.63, 3.8) is 0 Å². The molecule has 6 heteroatoms. The zero-order valence-electron chi connectivity index (χ0n) is 18.8. The van der Waals surface area contributed by atoms with Crippen LogP contribution in [0.5, 0.6) is 11.5 Å². The van der Waals surface area contributed by atoms with Gasteiger partial charge in [-0.25, -0.2) is 0 Å². The first kappa shape index (κ1) is 21.7. The molecule has 1 aromatic rings. The Morgan fingerprint density at radius 1 is 1.03 bits per heavy atom. The van der Waals surface area contributed by atoms with Crippen LogP contribution in [-0.2, 0) is 16.0 Å². The quantitative estimate of drug-likeness (QED) is 0.690. The third-order valence-corrected chi connectivity index (χ3v) is 6.73. The molecule has 0 saturated carbocycles. The highest BCUT2D eigenvalue weighted by Crippen LogP contribution is 2.35. The van der Waals surface area contributed by atoms with Crippen molar-refractivity contribution in [3.8, 4) is 11.5 Å². The molecule has 168 valence electrons. The van der Waals surface area contributed by atoms with E-state index in [2.05, 4.69) is 4.90 Å². The summed E-state index contributed by atoms with van der Waals surface area (Å²) in [5.74, 6) is 1.96. The molecule has 6 nitrogen and oxygen atoms in total. The van der Waals surface area contributed by atoms with E-state index in [4.69, 9.17) is 9.47 Å². The molecule has 31 heavy (non-hydrogen) atoms. The van der Waals surface area contributed by atoms with Crippen LogP contribution >= 0.6 is 0 Å². The minimum atomic E-state index is -0.0162. The molecule has 3 aliphatic heterocycles. The number of likely N-dealkylation sites (tertiary alicyclic amines) is 2. The van der Waals surface area contributed by atoms with Gasteiger partial charge in [-0.1, -0.05) is 12.8 Å². The smallest absolute Gasteiger partial charge is 0.246 e. The number of methoxy groups -OCH3 is 1. The van der Waals surface area contributed by atoms with Crippen molar-refractivity contribution < 1.29 is 19.1 Å². The van der Waals surface area contributed by atoms with Gasteiger partial charge in [0.2, 0.25) is 11.8 Å². The van der Waals surface area contributed by atoms with E-state index in [1.807, 2.05) is 30.0 Å². The van der Waals surface area contributed by atoms with Crippen LogP contribution in [0.4, 0.5) is 0 Å². The molecular weight excluding hydrogens is 392 g/mol. The van der Waals surface area contributed by atoms with Gasteiger partial charge in [0.05, 0.1) is 7.11 Å². The first-order valence-electron chi connectivity index (χ1n) is 11.7. The Morgan fingerprint density at radius 2 is 1.74 bits per heavy atom. The van der Waals surface area contributed by atoms with Crippen molar-refractivity contribution in [1.29, 1.82) is 0 Å². The normalized spacial score (nSPS) is 22.2. The highest BCUT2D eigenvalue weighted by molar-refractivity contribution is 5.92. The molecule has 2 amide bonds. The molecular formula is C25H34N2O4. The molecule has 0 bridgehead atoms. The van der Waals surface area contributed by atoms with E-state index in [0.29, 0.717) is 19.0 Å². The Bertz CT molecular complexity index is 834. The highest BCUT2D eigenvalue weighted by Gasteiger charge is 2.30. The fourth-order valence-corrected chi connectivity index (χ4v) is 4.92. The number of piperidine rings is 1. The molecule has 1 aromatic carbocycles. The fraction of sp³-hybridized carbons (Fsp3) is 0.600. The van der Waals surface area contributed by atoms with Crippen LogP contribution in [0.15, 0.2) is 18.2 Å². The van der Waals surface area contributed by atoms with Crippen LogP contribution < -0.4 is 9.47 Å². The van der Waals surface area contributed by atoms with Crippen molar-refractivity contribution >= 4 is 17.9 Å². The first-order chi connectivity index (χ1) is 15.0. The lowest BCUT2D eigenvalue weighted by molar-refractivity contribution is -0.139. The van der Waals surface area contributed by atoms with Crippen molar-refractivity contribution in [2.45, 2.75) is 58.0 Å². The molecule has 4 rings (SSSR count). The summed E-state index contributed by atoms with van der Waals surface area (Å²) >= 11 is 0. The number of hydrogen-bond donors (Lipinski definition) is 0. The Kier molecular flexibility index (Phi) is 6.83. The molecule has 2 saturated heterocycles. The summed E-state index contributed by atoms with van der Waals surface area (Å²) in [5, 5.41) is 0. The van der Waals surface area contributed by atoms with Crippen LogP contribution in [0, 0.1) is 5.92 Å².